The number of hydrogen-bond acceptors (Lipinski definition) is 6. The Kier molecular flexibility index (Phi) is 3.54. The third-order valence-electron chi connectivity index (χ3n) is 5.00. The summed E-state index contributed by atoms with van der Waals surface area (Å²) in [5.74, 6) is 0.928. The number of pyridine rings is 1. The molecule has 0 aromatic carbocycles. The molecule has 27 heavy (non-hydrogen) atoms. The number of hydrogen-bond donors (Lipinski definition) is 2. The Morgan fingerprint density at radius 3 is 2.93 bits per heavy atom. The van der Waals surface area contributed by atoms with Crippen molar-refractivity contribution in [3.63, 3.8) is 0 Å². The van der Waals surface area contributed by atoms with E-state index in [4.69, 9.17) is 4.98 Å². The van der Waals surface area contributed by atoms with Gasteiger partial charge in [-0.15, -0.1) is 0 Å². The lowest BCUT2D eigenvalue weighted by molar-refractivity contribution is 0.758. The van der Waals surface area contributed by atoms with Crippen LogP contribution < -0.4 is 5.32 Å². The van der Waals surface area contributed by atoms with E-state index in [0.29, 0.717) is 5.82 Å². The molecule has 0 atom stereocenters. The Labute approximate surface area is 156 Å². The molecule has 0 spiro atoms. The molecule has 0 radical (unpaired) electrons. The molecule has 4 aromatic heterocycles. The molecule has 0 saturated carbocycles. The first-order valence-corrected chi connectivity index (χ1v) is 9.06. The van der Waals surface area contributed by atoms with Crippen molar-refractivity contribution in [3.05, 3.63) is 47.2 Å². The number of fused-ring (bicyclic) bond motifs is 2. The maximum atomic E-state index is 4.75. The van der Waals surface area contributed by atoms with Crippen LogP contribution in [0.2, 0.25) is 0 Å². The van der Waals surface area contributed by atoms with Gasteiger partial charge in [-0.1, -0.05) is 13.8 Å². The topological polar surface area (TPSA) is 96.7 Å². The van der Waals surface area contributed by atoms with Crippen molar-refractivity contribution in [2.45, 2.75) is 39.8 Å². The van der Waals surface area contributed by atoms with E-state index in [2.05, 4.69) is 50.5 Å². The first-order valence-electron chi connectivity index (χ1n) is 9.06. The van der Waals surface area contributed by atoms with E-state index in [1.165, 1.54) is 0 Å². The fourth-order valence-corrected chi connectivity index (χ4v) is 3.71. The monoisotopic (exact) mass is 360 g/mol. The molecule has 5 rings (SSSR count). The molecule has 136 valence electrons. The van der Waals surface area contributed by atoms with Crippen molar-refractivity contribution < 1.29 is 0 Å². The van der Waals surface area contributed by atoms with Gasteiger partial charge in [0.2, 0.25) is 0 Å². The van der Waals surface area contributed by atoms with Crippen molar-refractivity contribution >= 4 is 5.65 Å². The molecular weight excluding hydrogens is 340 g/mol. The standard InChI is InChI=1S/C19H20N8/c1-10(2)15-16(12-4-11(3)19-22-9-23-27(19)8-12)25-26-17(15)18-21-6-13-5-20-7-14(13)24-18/h4,6,8-10,20H,5,7H2,1-3H3,(H,25,26). The Morgan fingerprint density at radius 2 is 2.07 bits per heavy atom. The number of rotatable bonds is 3. The van der Waals surface area contributed by atoms with Crippen LogP contribution in [0.25, 0.3) is 28.4 Å². The van der Waals surface area contributed by atoms with Crippen LogP contribution in [0.5, 0.6) is 0 Å². The minimum absolute atomic E-state index is 0.260. The summed E-state index contributed by atoms with van der Waals surface area (Å²) in [6, 6.07) is 2.11. The third kappa shape index (κ3) is 2.52. The summed E-state index contributed by atoms with van der Waals surface area (Å²) in [4.78, 5) is 13.6. The minimum atomic E-state index is 0.260. The molecule has 0 saturated heterocycles. The number of aryl methyl sites for hydroxylation is 1. The van der Waals surface area contributed by atoms with Crippen molar-refractivity contribution in [2.24, 2.45) is 0 Å². The molecule has 0 amide bonds. The Balaban J connectivity index is 1.68. The average molecular weight is 360 g/mol. The highest BCUT2D eigenvalue weighted by atomic mass is 15.3. The predicted molar refractivity (Wildman–Crippen MR) is 101 cm³/mol. The van der Waals surface area contributed by atoms with Crippen LogP contribution in [0.15, 0.2) is 24.8 Å². The van der Waals surface area contributed by atoms with Gasteiger partial charge in [0.1, 0.15) is 12.0 Å². The van der Waals surface area contributed by atoms with E-state index >= 15 is 0 Å². The molecule has 1 aliphatic rings. The summed E-state index contributed by atoms with van der Waals surface area (Å²) in [5.41, 5.74) is 8.06. The second kappa shape index (κ2) is 5.95. The number of nitrogens with one attached hydrogen (secondary N) is 2. The third-order valence-corrected chi connectivity index (χ3v) is 5.00. The highest BCUT2D eigenvalue weighted by molar-refractivity contribution is 5.73. The van der Waals surface area contributed by atoms with E-state index in [1.54, 1.807) is 10.8 Å². The van der Waals surface area contributed by atoms with Crippen molar-refractivity contribution in [1.82, 2.24) is 40.1 Å². The molecule has 1 aliphatic heterocycles. The number of aromatic nitrogens is 7. The van der Waals surface area contributed by atoms with Gasteiger partial charge in [0.05, 0.1) is 11.4 Å². The van der Waals surface area contributed by atoms with Crippen LogP contribution in [0.4, 0.5) is 0 Å². The summed E-state index contributed by atoms with van der Waals surface area (Å²) in [7, 11) is 0. The van der Waals surface area contributed by atoms with E-state index in [-0.39, 0.29) is 5.92 Å². The Bertz CT molecular complexity index is 1150. The first kappa shape index (κ1) is 16.1. The number of aromatic amines is 1. The van der Waals surface area contributed by atoms with Crippen LogP contribution in [0.3, 0.4) is 0 Å². The molecular formula is C19H20N8. The quantitative estimate of drug-likeness (QED) is 0.583. The van der Waals surface area contributed by atoms with Crippen LogP contribution in [0.1, 0.15) is 42.1 Å². The smallest absolute Gasteiger partial charge is 0.180 e. The van der Waals surface area contributed by atoms with Crippen LogP contribution >= 0.6 is 0 Å². The summed E-state index contributed by atoms with van der Waals surface area (Å²) < 4.78 is 1.80. The number of nitrogens with zero attached hydrogens (tertiary/aromatic N) is 6. The van der Waals surface area contributed by atoms with Crippen molar-refractivity contribution in [2.75, 3.05) is 0 Å². The number of H-pyrrole nitrogens is 1. The van der Waals surface area contributed by atoms with Gasteiger partial charge in [-0.3, -0.25) is 5.10 Å². The molecule has 8 nitrogen and oxygen atoms in total. The van der Waals surface area contributed by atoms with E-state index in [0.717, 1.165) is 58.1 Å². The Hall–Kier alpha value is -3.13. The Morgan fingerprint density at radius 1 is 1.19 bits per heavy atom. The van der Waals surface area contributed by atoms with Crippen LogP contribution in [0, 0.1) is 6.92 Å². The minimum Gasteiger partial charge on any atom is -0.307 e. The fraction of sp³-hybridized carbons (Fsp3) is 0.316. The molecule has 5 heterocycles. The zero-order valence-electron chi connectivity index (χ0n) is 15.5. The zero-order valence-corrected chi connectivity index (χ0v) is 15.5. The molecule has 2 N–H and O–H groups in total. The van der Waals surface area contributed by atoms with Gasteiger partial charge in [-0.2, -0.15) is 10.2 Å². The molecule has 0 bridgehead atoms. The maximum absolute atomic E-state index is 4.75. The lowest BCUT2D eigenvalue weighted by Gasteiger charge is -2.10. The molecule has 0 unspecified atom stereocenters. The lowest BCUT2D eigenvalue weighted by atomic mass is 9.96. The van der Waals surface area contributed by atoms with Crippen LogP contribution in [-0.4, -0.2) is 34.8 Å². The first-order chi connectivity index (χ1) is 13.1. The molecule has 8 heteroatoms. The zero-order chi connectivity index (χ0) is 18.5. The SMILES string of the molecule is Cc1cc(-c2[nH]nc(-c3ncc4c(n3)CNC4)c2C(C)C)cn2ncnc12. The maximum Gasteiger partial charge on any atom is 0.180 e. The summed E-state index contributed by atoms with van der Waals surface area (Å²) in [6.45, 7) is 7.97. The van der Waals surface area contributed by atoms with Crippen molar-refractivity contribution in [1.29, 1.82) is 0 Å². The summed E-state index contributed by atoms with van der Waals surface area (Å²) >= 11 is 0. The summed E-state index contributed by atoms with van der Waals surface area (Å²) in [5, 5.41) is 15.4. The van der Waals surface area contributed by atoms with Gasteiger partial charge in [0.25, 0.3) is 0 Å². The lowest BCUT2D eigenvalue weighted by Crippen LogP contribution is -2.01. The molecule has 0 aliphatic carbocycles. The van der Waals surface area contributed by atoms with Gasteiger partial charge < -0.3 is 5.32 Å². The molecule has 0 fully saturated rings. The van der Waals surface area contributed by atoms with E-state index in [1.807, 2.05) is 19.3 Å². The van der Waals surface area contributed by atoms with Gasteiger partial charge in [0, 0.05) is 42.2 Å². The average Bonchev–Trinajstić information content (AvgIpc) is 3.38. The second-order valence-corrected chi connectivity index (χ2v) is 7.22. The fourth-order valence-electron chi connectivity index (χ4n) is 3.71. The highest BCUT2D eigenvalue weighted by Gasteiger charge is 2.23. The van der Waals surface area contributed by atoms with Crippen LogP contribution in [-0.2, 0) is 13.1 Å². The normalized spacial score (nSPS) is 13.6. The van der Waals surface area contributed by atoms with Crippen molar-refractivity contribution in [3.8, 4) is 22.8 Å². The van der Waals surface area contributed by atoms with Gasteiger partial charge in [-0.25, -0.2) is 19.5 Å². The largest absolute Gasteiger partial charge is 0.307 e. The molecule has 4 aromatic rings. The van der Waals surface area contributed by atoms with Gasteiger partial charge >= 0.3 is 0 Å². The van der Waals surface area contributed by atoms with E-state index < -0.39 is 0 Å². The second-order valence-electron chi connectivity index (χ2n) is 7.22. The highest BCUT2D eigenvalue weighted by Crippen LogP contribution is 2.35. The summed E-state index contributed by atoms with van der Waals surface area (Å²) in [6.07, 6.45) is 5.45. The van der Waals surface area contributed by atoms with E-state index in [9.17, 15) is 0 Å². The van der Waals surface area contributed by atoms with Gasteiger partial charge in [-0.05, 0) is 24.5 Å². The predicted octanol–water partition coefficient (Wildman–Crippen LogP) is 2.61. The van der Waals surface area contributed by atoms with Gasteiger partial charge in [0.15, 0.2) is 11.5 Å².